The summed E-state index contributed by atoms with van der Waals surface area (Å²) in [6, 6.07) is 4.22. The van der Waals surface area contributed by atoms with Crippen molar-refractivity contribution in [1.82, 2.24) is 20.4 Å². The van der Waals surface area contributed by atoms with Crippen molar-refractivity contribution in [3.05, 3.63) is 47.3 Å². The molecule has 8 nitrogen and oxygen atoms in total. The second-order valence-corrected chi connectivity index (χ2v) is 7.66. The molecule has 1 fully saturated rings. The van der Waals surface area contributed by atoms with E-state index in [9.17, 15) is 9.59 Å². The number of allylic oxidation sites excluding steroid dienone is 1. The summed E-state index contributed by atoms with van der Waals surface area (Å²) < 4.78 is 11.0. The fraction of sp³-hybridized carbons (Fsp3) is 0.409. The second kappa shape index (κ2) is 8.31. The predicted molar refractivity (Wildman–Crippen MR) is 112 cm³/mol. The number of fused-ring (bicyclic) bond motifs is 1. The van der Waals surface area contributed by atoms with E-state index in [2.05, 4.69) is 29.2 Å². The van der Waals surface area contributed by atoms with Crippen molar-refractivity contribution in [3.8, 4) is 0 Å². The molecule has 0 aliphatic carbocycles. The number of piperidine rings is 1. The molecule has 0 aromatic carbocycles. The Hall–Kier alpha value is -3.13. The van der Waals surface area contributed by atoms with E-state index in [0.717, 1.165) is 30.2 Å². The van der Waals surface area contributed by atoms with E-state index < -0.39 is 11.8 Å². The average Bonchev–Trinajstić information content (AvgIpc) is 3.26. The van der Waals surface area contributed by atoms with Crippen LogP contribution in [-0.2, 0) is 19.1 Å². The molecule has 2 aliphatic heterocycles. The first-order valence-electron chi connectivity index (χ1n) is 10.3. The van der Waals surface area contributed by atoms with Gasteiger partial charge in [-0.25, -0.2) is 14.8 Å². The molecular weight excluding hydrogens is 384 g/mol. The van der Waals surface area contributed by atoms with Crippen molar-refractivity contribution in [1.29, 1.82) is 0 Å². The van der Waals surface area contributed by atoms with Gasteiger partial charge in [-0.3, -0.25) is 10.2 Å². The zero-order chi connectivity index (χ0) is 21.3. The minimum absolute atomic E-state index is 0.0719. The maximum absolute atomic E-state index is 13.1. The molecule has 2 aromatic heterocycles. The lowest BCUT2D eigenvalue weighted by Crippen LogP contribution is -2.51. The summed E-state index contributed by atoms with van der Waals surface area (Å²) in [5.41, 5.74) is 4.55. The molecule has 0 radical (unpaired) electrons. The number of pyridine rings is 1. The Balaban J connectivity index is 1.67. The van der Waals surface area contributed by atoms with E-state index in [1.54, 1.807) is 25.4 Å². The zero-order valence-electron chi connectivity index (χ0n) is 17.4. The highest BCUT2D eigenvalue weighted by atomic mass is 16.5. The highest BCUT2D eigenvalue weighted by Crippen LogP contribution is 2.30. The fourth-order valence-electron chi connectivity index (χ4n) is 3.99. The number of ketones is 1. The van der Waals surface area contributed by atoms with Crippen LogP contribution in [0.1, 0.15) is 45.6 Å². The molecule has 2 atom stereocenters. The van der Waals surface area contributed by atoms with Crippen LogP contribution in [0.15, 0.2) is 41.7 Å². The summed E-state index contributed by atoms with van der Waals surface area (Å²) in [5.74, 6) is -0.983. The number of hydrogen-bond acceptors (Lipinski definition) is 7. The number of carbonyl (C=O) groups excluding carboxylic acids is 2. The van der Waals surface area contributed by atoms with Gasteiger partial charge in [-0.2, -0.15) is 0 Å². The Morgan fingerprint density at radius 2 is 2.17 bits per heavy atom. The van der Waals surface area contributed by atoms with Crippen LogP contribution in [0.5, 0.6) is 0 Å². The number of carbonyl (C=O) groups is 2. The van der Waals surface area contributed by atoms with E-state index in [4.69, 9.17) is 9.47 Å². The summed E-state index contributed by atoms with van der Waals surface area (Å²) in [6.07, 6.45) is 8.27. The van der Waals surface area contributed by atoms with E-state index >= 15 is 0 Å². The van der Waals surface area contributed by atoms with Crippen LogP contribution in [0.4, 0.5) is 0 Å². The third kappa shape index (κ3) is 3.70. The van der Waals surface area contributed by atoms with Crippen molar-refractivity contribution in [2.24, 2.45) is 0 Å². The Bertz CT molecular complexity index is 1030. The smallest absolute Gasteiger partial charge is 0.347 e. The van der Waals surface area contributed by atoms with Crippen LogP contribution in [0.25, 0.3) is 17.1 Å². The number of esters is 1. The van der Waals surface area contributed by atoms with Crippen LogP contribution in [0.3, 0.4) is 0 Å². The normalized spacial score (nSPS) is 23.8. The number of rotatable bonds is 5. The molecule has 2 aliphatic rings. The lowest BCUT2D eigenvalue weighted by molar-refractivity contribution is -0.139. The lowest BCUT2D eigenvalue weighted by atomic mass is 10.00. The quantitative estimate of drug-likeness (QED) is 0.444. The standard InChI is InChI=1S/C22H26N4O4/c1-4-29-22(28)18-19(27)17(11-15-12-24-20-16(15)9-6-10-23-20)30-21(18)25-26-13(2)7-5-8-14(26)3/h6,9-14,25H,4-5,7-8H2,1-3H3,(H,23,24). The summed E-state index contributed by atoms with van der Waals surface area (Å²) in [4.78, 5) is 32.9. The summed E-state index contributed by atoms with van der Waals surface area (Å²) >= 11 is 0. The number of nitrogens with zero attached hydrogens (tertiary/aromatic N) is 2. The molecule has 4 heterocycles. The third-order valence-corrected chi connectivity index (χ3v) is 5.56. The van der Waals surface area contributed by atoms with Gasteiger partial charge >= 0.3 is 5.97 Å². The summed E-state index contributed by atoms with van der Waals surface area (Å²) in [6.45, 7) is 6.10. The van der Waals surface area contributed by atoms with Gasteiger partial charge in [-0.15, -0.1) is 0 Å². The zero-order valence-corrected chi connectivity index (χ0v) is 17.4. The number of hydrogen-bond donors (Lipinski definition) is 2. The van der Waals surface area contributed by atoms with E-state index in [1.165, 1.54) is 0 Å². The first kappa shape index (κ1) is 20.2. The molecule has 0 saturated carbocycles. The van der Waals surface area contributed by atoms with Gasteiger partial charge in [-0.05, 0) is 51.8 Å². The Morgan fingerprint density at radius 3 is 2.90 bits per heavy atom. The molecule has 1 saturated heterocycles. The first-order valence-corrected chi connectivity index (χ1v) is 10.3. The maximum Gasteiger partial charge on any atom is 0.347 e. The van der Waals surface area contributed by atoms with Crippen molar-refractivity contribution in [3.63, 3.8) is 0 Å². The van der Waals surface area contributed by atoms with Gasteiger partial charge in [0, 0.05) is 35.4 Å². The SMILES string of the molecule is CCOC(=O)C1=C(NN2C(C)CCCC2C)OC(=Cc2c[nH]c3ncccc23)C1=O. The number of hydrazine groups is 1. The highest BCUT2D eigenvalue weighted by Gasteiger charge is 2.39. The Kier molecular flexibility index (Phi) is 5.59. The largest absolute Gasteiger partial charge is 0.462 e. The number of H-pyrrole nitrogens is 1. The van der Waals surface area contributed by atoms with Gasteiger partial charge in [0.25, 0.3) is 0 Å². The number of ether oxygens (including phenoxy) is 2. The van der Waals surface area contributed by atoms with Gasteiger partial charge in [0.1, 0.15) is 5.65 Å². The van der Waals surface area contributed by atoms with Gasteiger partial charge in [0.2, 0.25) is 11.7 Å². The van der Waals surface area contributed by atoms with Crippen molar-refractivity contribution >= 4 is 28.9 Å². The molecule has 30 heavy (non-hydrogen) atoms. The van der Waals surface area contributed by atoms with Gasteiger partial charge in [0.15, 0.2) is 11.3 Å². The summed E-state index contributed by atoms with van der Waals surface area (Å²) in [5, 5.41) is 2.91. The minimum Gasteiger partial charge on any atom is -0.462 e. The van der Waals surface area contributed by atoms with Gasteiger partial charge in [-0.1, -0.05) is 6.42 Å². The monoisotopic (exact) mass is 410 g/mol. The number of aromatic amines is 1. The minimum atomic E-state index is -0.689. The molecule has 0 bridgehead atoms. The average molecular weight is 410 g/mol. The Morgan fingerprint density at radius 1 is 1.40 bits per heavy atom. The van der Waals surface area contributed by atoms with Crippen LogP contribution in [-0.4, -0.2) is 45.4 Å². The van der Waals surface area contributed by atoms with Crippen LogP contribution in [0, 0.1) is 0 Å². The van der Waals surface area contributed by atoms with Crippen molar-refractivity contribution in [2.75, 3.05) is 6.61 Å². The molecule has 4 rings (SSSR count). The maximum atomic E-state index is 13.1. The highest BCUT2D eigenvalue weighted by molar-refractivity contribution is 6.26. The molecule has 158 valence electrons. The predicted octanol–water partition coefficient (Wildman–Crippen LogP) is 3.05. The van der Waals surface area contributed by atoms with Gasteiger partial charge in [0.05, 0.1) is 6.61 Å². The molecule has 2 unspecified atom stereocenters. The second-order valence-electron chi connectivity index (χ2n) is 7.66. The first-order chi connectivity index (χ1) is 14.5. The third-order valence-electron chi connectivity index (χ3n) is 5.56. The van der Waals surface area contributed by atoms with E-state index in [-0.39, 0.29) is 35.9 Å². The van der Waals surface area contributed by atoms with E-state index in [0.29, 0.717) is 5.65 Å². The number of aromatic nitrogens is 2. The van der Waals surface area contributed by atoms with E-state index in [1.807, 2.05) is 17.1 Å². The Labute approximate surface area is 174 Å². The molecule has 0 spiro atoms. The van der Waals surface area contributed by atoms with Crippen LogP contribution in [0.2, 0.25) is 0 Å². The topological polar surface area (TPSA) is 96.6 Å². The number of nitrogens with one attached hydrogen (secondary N) is 2. The fourth-order valence-corrected chi connectivity index (χ4v) is 3.99. The molecule has 0 amide bonds. The van der Waals surface area contributed by atoms with Crippen molar-refractivity contribution in [2.45, 2.75) is 52.1 Å². The van der Waals surface area contributed by atoms with Crippen molar-refractivity contribution < 1.29 is 19.1 Å². The summed E-state index contributed by atoms with van der Waals surface area (Å²) in [7, 11) is 0. The number of Topliss-reactive ketones (excluding diaryl/α,β-unsaturated/α-hetero) is 1. The van der Waals surface area contributed by atoms with Gasteiger partial charge < -0.3 is 14.5 Å². The molecule has 2 aromatic rings. The molecule has 8 heteroatoms. The van der Waals surface area contributed by atoms with Crippen LogP contribution < -0.4 is 5.43 Å². The van der Waals surface area contributed by atoms with Crippen LogP contribution >= 0.6 is 0 Å². The molecule has 2 N–H and O–H groups in total. The molecular formula is C22H26N4O4. The lowest BCUT2D eigenvalue weighted by Gasteiger charge is -2.39.